The third-order valence-corrected chi connectivity index (χ3v) is 2.09. The molecule has 0 fully saturated rings. The SMILES string of the molecule is CC(C)(C)OC(=O)CNCc1cc(F)c(F)cc1F. The number of ether oxygens (including phenoxy) is 1. The van der Waals surface area contributed by atoms with Crippen LogP contribution in [0.2, 0.25) is 0 Å². The van der Waals surface area contributed by atoms with E-state index in [0.717, 1.165) is 6.07 Å². The summed E-state index contributed by atoms with van der Waals surface area (Å²) in [6, 6.07) is 1.23. The highest BCUT2D eigenvalue weighted by molar-refractivity contribution is 5.72. The minimum atomic E-state index is -1.24. The molecule has 19 heavy (non-hydrogen) atoms. The summed E-state index contributed by atoms with van der Waals surface area (Å²) in [7, 11) is 0. The molecule has 0 heterocycles. The van der Waals surface area contributed by atoms with E-state index in [0.29, 0.717) is 6.07 Å². The maximum absolute atomic E-state index is 13.3. The van der Waals surface area contributed by atoms with Gasteiger partial charge in [-0.15, -0.1) is 0 Å². The molecular formula is C13H16F3NO2. The second kappa shape index (κ2) is 6.06. The molecule has 0 aromatic heterocycles. The third kappa shape index (κ3) is 5.30. The van der Waals surface area contributed by atoms with Crippen molar-refractivity contribution in [2.24, 2.45) is 0 Å². The first-order valence-electron chi connectivity index (χ1n) is 5.75. The van der Waals surface area contributed by atoms with Crippen LogP contribution < -0.4 is 5.32 Å². The summed E-state index contributed by atoms with van der Waals surface area (Å²) in [6.07, 6.45) is 0. The molecule has 3 nitrogen and oxygen atoms in total. The number of hydrogen-bond donors (Lipinski definition) is 1. The molecule has 0 unspecified atom stereocenters. The zero-order valence-corrected chi connectivity index (χ0v) is 11.0. The van der Waals surface area contributed by atoms with Crippen molar-refractivity contribution >= 4 is 5.97 Å². The lowest BCUT2D eigenvalue weighted by Gasteiger charge is -2.19. The molecule has 0 radical (unpaired) electrons. The maximum Gasteiger partial charge on any atom is 0.320 e. The van der Waals surface area contributed by atoms with Gasteiger partial charge in [-0.3, -0.25) is 4.79 Å². The second-order valence-corrected chi connectivity index (χ2v) is 5.05. The van der Waals surface area contributed by atoms with E-state index in [9.17, 15) is 18.0 Å². The zero-order valence-electron chi connectivity index (χ0n) is 11.0. The summed E-state index contributed by atoms with van der Waals surface area (Å²) < 4.78 is 43.9. The molecule has 1 rings (SSSR count). The fraction of sp³-hybridized carbons (Fsp3) is 0.462. The lowest BCUT2D eigenvalue weighted by molar-refractivity contribution is -0.153. The summed E-state index contributed by atoms with van der Waals surface area (Å²) in [5.41, 5.74) is -0.658. The first kappa shape index (κ1) is 15.5. The molecule has 0 aliphatic rings. The number of carbonyl (C=O) groups excluding carboxylic acids is 1. The number of nitrogens with one attached hydrogen (secondary N) is 1. The molecular weight excluding hydrogens is 259 g/mol. The topological polar surface area (TPSA) is 38.3 Å². The molecule has 0 bridgehead atoms. The molecule has 1 N–H and O–H groups in total. The molecule has 0 aliphatic heterocycles. The minimum Gasteiger partial charge on any atom is -0.459 e. The van der Waals surface area contributed by atoms with Gasteiger partial charge in [0.2, 0.25) is 0 Å². The van der Waals surface area contributed by atoms with Gasteiger partial charge in [0, 0.05) is 18.2 Å². The van der Waals surface area contributed by atoms with Crippen molar-refractivity contribution in [1.29, 1.82) is 0 Å². The average Bonchev–Trinajstić information content (AvgIpc) is 2.22. The normalized spacial score (nSPS) is 11.5. The predicted molar refractivity (Wildman–Crippen MR) is 63.9 cm³/mol. The standard InChI is InChI=1S/C13H16F3NO2/c1-13(2,3)19-12(18)7-17-6-8-4-10(15)11(16)5-9(8)14/h4-5,17H,6-7H2,1-3H3. The van der Waals surface area contributed by atoms with E-state index < -0.39 is 29.0 Å². The monoisotopic (exact) mass is 275 g/mol. The number of rotatable bonds is 4. The first-order valence-corrected chi connectivity index (χ1v) is 5.75. The fourth-order valence-electron chi connectivity index (χ4n) is 1.38. The highest BCUT2D eigenvalue weighted by atomic mass is 19.2. The summed E-state index contributed by atoms with van der Waals surface area (Å²) >= 11 is 0. The van der Waals surface area contributed by atoms with Crippen LogP contribution in [0.25, 0.3) is 0 Å². The second-order valence-electron chi connectivity index (χ2n) is 5.05. The molecule has 0 atom stereocenters. The fourth-order valence-corrected chi connectivity index (χ4v) is 1.38. The molecule has 0 aliphatic carbocycles. The smallest absolute Gasteiger partial charge is 0.320 e. The van der Waals surface area contributed by atoms with Crippen LogP contribution in [0.5, 0.6) is 0 Å². The average molecular weight is 275 g/mol. The Bertz CT molecular complexity index is 470. The van der Waals surface area contributed by atoms with E-state index in [4.69, 9.17) is 4.74 Å². The van der Waals surface area contributed by atoms with Crippen LogP contribution in [0.4, 0.5) is 13.2 Å². The van der Waals surface area contributed by atoms with Gasteiger partial charge in [0.25, 0.3) is 0 Å². The third-order valence-electron chi connectivity index (χ3n) is 2.09. The van der Waals surface area contributed by atoms with E-state index in [1.807, 2.05) is 0 Å². The molecule has 106 valence electrons. The highest BCUT2D eigenvalue weighted by Crippen LogP contribution is 2.13. The van der Waals surface area contributed by atoms with Gasteiger partial charge >= 0.3 is 5.97 Å². The lowest BCUT2D eigenvalue weighted by Crippen LogP contribution is -2.31. The number of halogens is 3. The molecule has 1 aromatic rings. The van der Waals surface area contributed by atoms with E-state index in [2.05, 4.69) is 5.32 Å². The van der Waals surface area contributed by atoms with Gasteiger partial charge in [0.15, 0.2) is 11.6 Å². The van der Waals surface area contributed by atoms with E-state index in [1.165, 1.54) is 0 Å². The van der Waals surface area contributed by atoms with Gasteiger partial charge in [0.1, 0.15) is 11.4 Å². The van der Waals surface area contributed by atoms with Crippen LogP contribution in [0, 0.1) is 17.5 Å². The summed E-state index contributed by atoms with van der Waals surface area (Å²) in [5, 5.41) is 2.61. The van der Waals surface area contributed by atoms with Crippen LogP contribution >= 0.6 is 0 Å². The molecule has 1 aromatic carbocycles. The van der Waals surface area contributed by atoms with Crippen molar-refractivity contribution in [1.82, 2.24) is 5.32 Å². The van der Waals surface area contributed by atoms with E-state index >= 15 is 0 Å². The Morgan fingerprint density at radius 3 is 2.32 bits per heavy atom. The number of benzene rings is 1. The predicted octanol–water partition coefficient (Wildman–Crippen LogP) is 2.54. The molecule has 0 spiro atoms. The van der Waals surface area contributed by atoms with Gasteiger partial charge in [-0.2, -0.15) is 0 Å². The van der Waals surface area contributed by atoms with E-state index in [-0.39, 0.29) is 18.7 Å². The van der Waals surface area contributed by atoms with Gasteiger partial charge in [-0.25, -0.2) is 13.2 Å². The number of carbonyl (C=O) groups is 1. The van der Waals surface area contributed by atoms with Gasteiger partial charge < -0.3 is 10.1 Å². The first-order chi connectivity index (χ1) is 8.69. The van der Waals surface area contributed by atoms with Crippen molar-refractivity contribution in [3.63, 3.8) is 0 Å². The van der Waals surface area contributed by atoms with Crippen LogP contribution in [0.15, 0.2) is 12.1 Å². The maximum atomic E-state index is 13.3. The highest BCUT2D eigenvalue weighted by Gasteiger charge is 2.16. The van der Waals surface area contributed by atoms with Crippen molar-refractivity contribution in [3.05, 3.63) is 35.1 Å². The summed E-state index contributed by atoms with van der Waals surface area (Å²) in [4.78, 5) is 11.3. The van der Waals surface area contributed by atoms with Crippen LogP contribution in [-0.2, 0) is 16.1 Å². The quantitative estimate of drug-likeness (QED) is 0.678. The minimum absolute atomic E-state index is 0.0533. The Morgan fingerprint density at radius 1 is 1.16 bits per heavy atom. The molecule has 6 heteroatoms. The summed E-state index contributed by atoms with van der Waals surface area (Å²) in [6.45, 7) is 4.93. The van der Waals surface area contributed by atoms with Crippen LogP contribution in [0.3, 0.4) is 0 Å². The van der Waals surface area contributed by atoms with Crippen molar-refractivity contribution in [2.45, 2.75) is 32.9 Å². The van der Waals surface area contributed by atoms with Crippen LogP contribution in [-0.4, -0.2) is 18.1 Å². The Morgan fingerprint density at radius 2 is 1.74 bits per heavy atom. The van der Waals surface area contributed by atoms with E-state index in [1.54, 1.807) is 20.8 Å². The van der Waals surface area contributed by atoms with Crippen molar-refractivity contribution in [3.8, 4) is 0 Å². The van der Waals surface area contributed by atoms with Gasteiger partial charge in [-0.05, 0) is 26.8 Å². The van der Waals surface area contributed by atoms with Gasteiger partial charge in [-0.1, -0.05) is 0 Å². The molecule has 0 saturated carbocycles. The Kier molecular flexibility index (Phi) is 4.94. The zero-order chi connectivity index (χ0) is 14.6. The number of esters is 1. The molecule has 0 saturated heterocycles. The Labute approximate surface area is 109 Å². The largest absolute Gasteiger partial charge is 0.459 e. The number of hydrogen-bond acceptors (Lipinski definition) is 3. The molecule has 0 amide bonds. The lowest BCUT2D eigenvalue weighted by atomic mass is 10.2. The Balaban J connectivity index is 2.50. The van der Waals surface area contributed by atoms with Gasteiger partial charge in [0.05, 0.1) is 6.54 Å². The summed E-state index contributed by atoms with van der Waals surface area (Å²) in [5.74, 6) is -3.74. The van der Waals surface area contributed by atoms with Crippen molar-refractivity contribution < 1.29 is 22.7 Å². The van der Waals surface area contributed by atoms with Crippen molar-refractivity contribution in [2.75, 3.05) is 6.54 Å². The van der Waals surface area contributed by atoms with Crippen LogP contribution in [0.1, 0.15) is 26.3 Å². The Hall–Kier alpha value is -1.56.